The normalized spacial score (nSPS) is 27.2. The molecular formula is C21H32N6O. The van der Waals surface area contributed by atoms with E-state index < -0.39 is 0 Å². The van der Waals surface area contributed by atoms with Gasteiger partial charge in [-0.2, -0.15) is 0 Å². The number of hydrogen-bond donors (Lipinski definition) is 3. The molecular weight excluding hydrogens is 352 g/mol. The third-order valence-corrected chi connectivity index (χ3v) is 6.27. The van der Waals surface area contributed by atoms with Crippen molar-refractivity contribution in [1.29, 1.82) is 5.41 Å². The first-order chi connectivity index (χ1) is 13.4. The van der Waals surface area contributed by atoms with E-state index >= 15 is 0 Å². The van der Waals surface area contributed by atoms with Gasteiger partial charge >= 0.3 is 0 Å². The van der Waals surface area contributed by atoms with Gasteiger partial charge in [0.2, 0.25) is 0 Å². The summed E-state index contributed by atoms with van der Waals surface area (Å²) in [5.74, 6) is 0.905. The van der Waals surface area contributed by atoms with Crippen molar-refractivity contribution in [3.05, 3.63) is 29.6 Å². The van der Waals surface area contributed by atoms with Crippen molar-refractivity contribution in [3.63, 3.8) is 0 Å². The summed E-state index contributed by atoms with van der Waals surface area (Å²) in [6.45, 7) is 4.17. The maximum absolute atomic E-state index is 12.3. The zero-order chi connectivity index (χ0) is 20.1. The molecule has 4 N–H and O–H groups in total. The molecule has 3 unspecified atom stereocenters. The minimum Gasteiger partial charge on any atom is -0.352 e. The van der Waals surface area contributed by atoms with Crippen LogP contribution in [0.2, 0.25) is 0 Å². The number of likely N-dealkylation sites (tertiary alicyclic amines) is 1. The van der Waals surface area contributed by atoms with Gasteiger partial charge in [0, 0.05) is 57.4 Å². The number of carbonyl (C=O) groups is 1. The average molecular weight is 385 g/mol. The van der Waals surface area contributed by atoms with Crippen LogP contribution in [0.1, 0.15) is 48.0 Å². The van der Waals surface area contributed by atoms with E-state index in [4.69, 9.17) is 11.1 Å². The number of aromatic nitrogens is 1. The second kappa shape index (κ2) is 8.92. The highest BCUT2D eigenvalue weighted by molar-refractivity contribution is 5.94. The Labute approximate surface area is 167 Å². The number of aryl methyl sites for hydroxylation is 1. The van der Waals surface area contributed by atoms with E-state index in [0.29, 0.717) is 42.6 Å². The molecule has 1 saturated heterocycles. The van der Waals surface area contributed by atoms with Crippen LogP contribution >= 0.6 is 0 Å². The summed E-state index contributed by atoms with van der Waals surface area (Å²) in [4.78, 5) is 22.6. The minimum absolute atomic E-state index is 0.0627. The summed E-state index contributed by atoms with van der Waals surface area (Å²) in [7, 11) is 1.74. The predicted octanol–water partition coefficient (Wildman–Crippen LogP) is 2.01. The zero-order valence-corrected chi connectivity index (χ0v) is 16.9. The highest BCUT2D eigenvalue weighted by atomic mass is 16.1. The minimum atomic E-state index is -0.301. The first-order valence-electron chi connectivity index (χ1n) is 10.1. The lowest BCUT2D eigenvalue weighted by molar-refractivity contribution is 0.0948. The van der Waals surface area contributed by atoms with E-state index in [1.54, 1.807) is 25.7 Å². The number of amides is 1. The molecule has 1 aliphatic heterocycles. The van der Waals surface area contributed by atoms with Crippen molar-refractivity contribution >= 4 is 17.8 Å². The van der Waals surface area contributed by atoms with E-state index in [2.05, 4.69) is 20.2 Å². The standard InChI is InChI=1S/C21H32N6O/c1-15-11-17(13-25-12-15)20(28)26-9-4-16-3-7-21(23)19(16)6-10-27(21)14-18(22)5-8-24-2/h8,11-13,16,19,22H,3-7,9-10,14,23H2,1-2H3,(H,26,28). The number of nitrogens with two attached hydrogens (primary N) is 1. The summed E-state index contributed by atoms with van der Waals surface area (Å²) >= 11 is 0. The Morgan fingerprint density at radius 1 is 1.50 bits per heavy atom. The van der Waals surface area contributed by atoms with Crippen LogP contribution in [-0.2, 0) is 0 Å². The fourth-order valence-corrected chi connectivity index (χ4v) is 4.81. The third-order valence-electron chi connectivity index (χ3n) is 6.27. The largest absolute Gasteiger partial charge is 0.352 e. The molecule has 0 spiro atoms. The number of pyridine rings is 1. The fraction of sp³-hybridized carbons (Fsp3) is 0.619. The zero-order valence-electron chi connectivity index (χ0n) is 16.9. The number of aliphatic imine (C=N–C) groups is 1. The maximum Gasteiger partial charge on any atom is 0.252 e. The molecule has 7 heteroatoms. The maximum atomic E-state index is 12.3. The summed E-state index contributed by atoms with van der Waals surface area (Å²) in [5, 5.41) is 11.2. The Balaban J connectivity index is 1.50. The van der Waals surface area contributed by atoms with Gasteiger partial charge in [-0.05, 0) is 56.1 Å². The van der Waals surface area contributed by atoms with Crippen LogP contribution in [0.4, 0.5) is 0 Å². The lowest BCUT2D eigenvalue weighted by atomic mass is 9.88. The van der Waals surface area contributed by atoms with Crippen molar-refractivity contribution in [2.75, 3.05) is 26.7 Å². The van der Waals surface area contributed by atoms with E-state index in [1.165, 1.54) is 0 Å². The van der Waals surface area contributed by atoms with Crippen LogP contribution in [0, 0.1) is 24.2 Å². The molecule has 152 valence electrons. The molecule has 7 nitrogen and oxygen atoms in total. The van der Waals surface area contributed by atoms with Crippen LogP contribution in [-0.4, -0.2) is 60.1 Å². The topological polar surface area (TPSA) is 107 Å². The molecule has 1 aliphatic carbocycles. The molecule has 3 rings (SSSR count). The molecule has 1 aromatic rings. The number of carbonyl (C=O) groups excluding carboxylic acids is 1. The molecule has 2 heterocycles. The Kier molecular flexibility index (Phi) is 6.57. The number of hydrogen-bond acceptors (Lipinski definition) is 6. The van der Waals surface area contributed by atoms with Gasteiger partial charge in [-0.15, -0.1) is 0 Å². The van der Waals surface area contributed by atoms with E-state index in [9.17, 15) is 4.79 Å². The highest BCUT2D eigenvalue weighted by Gasteiger charge is 2.52. The van der Waals surface area contributed by atoms with Gasteiger partial charge < -0.3 is 21.5 Å². The van der Waals surface area contributed by atoms with Gasteiger partial charge in [-0.3, -0.25) is 14.7 Å². The Bertz CT molecular complexity index is 748. The van der Waals surface area contributed by atoms with Crippen LogP contribution < -0.4 is 11.1 Å². The van der Waals surface area contributed by atoms with Crippen LogP contribution in [0.25, 0.3) is 0 Å². The summed E-state index contributed by atoms with van der Waals surface area (Å²) in [6.07, 6.45) is 9.80. The van der Waals surface area contributed by atoms with Crippen LogP contribution in [0.5, 0.6) is 0 Å². The SMILES string of the molecule is CN=CCC(=N)CN1CCC2C(CCNC(=O)c3cncc(C)c3)CCC21N. The van der Waals surface area contributed by atoms with E-state index in [0.717, 1.165) is 37.8 Å². The molecule has 0 aromatic carbocycles. The molecule has 1 amide bonds. The molecule has 0 radical (unpaired) electrons. The smallest absolute Gasteiger partial charge is 0.252 e. The van der Waals surface area contributed by atoms with Gasteiger partial charge in [-0.1, -0.05) is 0 Å². The van der Waals surface area contributed by atoms with Crippen molar-refractivity contribution in [2.24, 2.45) is 22.6 Å². The van der Waals surface area contributed by atoms with Gasteiger partial charge in [-0.25, -0.2) is 0 Å². The lowest BCUT2D eigenvalue weighted by Crippen LogP contribution is -2.55. The summed E-state index contributed by atoms with van der Waals surface area (Å²) < 4.78 is 0. The van der Waals surface area contributed by atoms with Gasteiger partial charge in [0.1, 0.15) is 0 Å². The molecule has 1 saturated carbocycles. The number of rotatable bonds is 8. The Hall–Kier alpha value is -2.12. The quantitative estimate of drug-likeness (QED) is 0.596. The second-order valence-corrected chi connectivity index (χ2v) is 8.15. The molecule has 3 atom stereocenters. The lowest BCUT2D eigenvalue weighted by Gasteiger charge is -2.35. The van der Waals surface area contributed by atoms with E-state index in [-0.39, 0.29) is 11.6 Å². The van der Waals surface area contributed by atoms with Crippen molar-refractivity contribution < 1.29 is 4.79 Å². The molecule has 0 bridgehead atoms. The third kappa shape index (κ3) is 4.47. The monoisotopic (exact) mass is 384 g/mol. The molecule has 2 aliphatic rings. The molecule has 2 fully saturated rings. The second-order valence-electron chi connectivity index (χ2n) is 8.15. The molecule has 28 heavy (non-hydrogen) atoms. The van der Waals surface area contributed by atoms with Gasteiger partial charge in [0.25, 0.3) is 5.91 Å². The summed E-state index contributed by atoms with van der Waals surface area (Å²) in [6, 6.07) is 1.86. The van der Waals surface area contributed by atoms with Gasteiger partial charge in [0.05, 0.1) is 11.2 Å². The highest BCUT2D eigenvalue weighted by Crippen LogP contribution is 2.48. The first-order valence-corrected chi connectivity index (χ1v) is 10.1. The average Bonchev–Trinajstić information content (AvgIpc) is 3.16. The van der Waals surface area contributed by atoms with Crippen LogP contribution in [0.15, 0.2) is 23.5 Å². The number of nitrogens with zero attached hydrogens (tertiary/aromatic N) is 3. The van der Waals surface area contributed by atoms with Crippen molar-refractivity contribution in [2.45, 2.75) is 44.7 Å². The fourth-order valence-electron chi connectivity index (χ4n) is 4.81. The number of fused-ring (bicyclic) bond motifs is 1. The van der Waals surface area contributed by atoms with Crippen LogP contribution in [0.3, 0.4) is 0 Å². The summed E-state index contributed by atoms with van der Waals surface area (Å²) in [5.41, 5.74) is 8.78. The Morgan fingerprint density at radius 2 is 2.32 bits per heavy atom. The molecule has 1 aromatic heterocycles. The van der Waals surface area contributed by atoms with Crippen molar-refractivity contribution in [3.8, 4) is 0 Å². The number of nitrogens with one attached hydrogen (secondary N) is 2. The first kappa shape index (κ1) is 20.6. The van der Waals surface area contributed by atoms with Crippen molar-refractivity contribution in [1.82, 2.24) is 15.2 Å². The Morgan fingerprint density at radius 3 is 3.07 bits per heavy atom. The van der Waals surface area contributed by atoms with Gasteiger partial charge in [0.15, 0.2) is 0 Å². The van der Waals surface area contributed by atoms with E-state index in [1.807, 2.05) is 13.0 Å². The predicted molar refractivity (Wildman–Crippen MR) is 112 cm³/mol.